The number of anilines is 1. The Morgan fingerprint density at radius 3 is 2.66 bits per heavy atom. The number of benzene rings is 1. The van der Waals surface area contributed by atoms with E-state index in [1.54, 1.807) is 31.2 Å². The summed E-state index contributed by atoms with van der Waals surface area (Å²) >= 11 is 3.93. The predicted octanol–water partition coefficient (Wildman–Crippen LogP) is 4.29. The van der Waals surface area contributed by atoms with Gasteiger partial charge in [-0.1, -0.05) is 28.1 Å². The van der Waals surface area contributed by atoms with Gasteiger partial charge in [0.2, 0.25) is 10.9 Å². The number of alkyl halides is 4. The van der Waals surface area contributed by atoms with Crippen LogP contribution in [0.2, 0.25) is 0 Å². The number of carbonyl (C=O) groups is 1. The van der Waals surface area contributed by atoms with Crippen molar-refractivity contribution < 1.29 is 32.2 Å². The predicted molar refractivity (Wildman–Crippen MR) is 102 cm³/mol. The van der Waals surface area contributed by atoms with E-state index < -0.39 is 30.5 Å². The van der Waals surface area contributed by atoms with Crippen LogP contribution in [0.3, 0.4) is 0 Å². The van der Waals surface area contributed by atoms with Crippen molar-refractivity contribution in [2.24, 2.45) is 5.10 Å². The Morgan fingerprint density at radius 2 is 2.07 bits per heavy atom. The Hall–Kier alpha value is -2.05. The van der Waals surface area contributed by atoms with E-state index in [1.807, 2.05) is 0 Å². The number of hydrazone groups is 1. The molecule has 3 rings (SSSR count). The Balaban J connectivity index is 2.05. The van der Waals surface area contributed by atoms with Gasteiger partial charge < -0.3 is 9.84 Å². The van der Waals surface area contributed by atoms with E-state index in [-0.39, 0.29) is 23.1 Å². The zero-order valence-electron chi connectivity index (χ0n) is 14.8. The van der Waals surface area contributed by atoms with Crippen molar-refractivity contribution in [3.8, 4) is 0 Å². The first kappa shape index (κ1) is 21.7. The maximum Gasteiger partial charge on any atom is 0.357 e. The van der Waals surface area contributed by atoms with Crippen LogP contribution in [0, 0.1) is 0 Å². The number of ether oxygens (including phenoxy) is 1. The van der Waals surface area contributed by atoms with Gasteiger partial charge in [0.05, 0.1) is 12.3 Å². The molecular weight excluding hydrogens is 482 g/mol. The zero-order chi connectivity index (χ0) is 21.4. The summed E-state index contributed by atoms with van der Waals surface area (Å²) in [5.41, 5.74) is -3.25. The molecule has 1 atom stereocenters. The van der Waals surface area contributed by atoms with E-state index in [1.165, 1.54) is 5.38 Å². The SMILES string of the molecule is CCOC(=O)c1csc(N2N=C(c3ccc(Br)cc3)CC2(O)C(F)(F)C(F)F)n1. The number of hydrogen-bond donors (Lipinski definition) is 1. The summed E-state index contributed by atoms with van der Waals surface area (Å²) in [4.78, 5) is 15.6. The molecule has 1 aliphatic rings. The van der Waals surface area contributed by atoms with Crippen LogP contribution in [0.4, 0.5) is 22.7 Å². The van der Waals surface area contributed by atoms with Crippen molar-refractivity contribution in [2.75, 3.05) is 11.6 Å². The van der Waals surface area contributed by atoms with E-state index in [2.05, 4.69) is 26.0 Å². The number of carbonyl (C=O) groups excluding carboxylic acids is 1. The number of hydrogen-bond acceptors (Lipinski definition) is 7. The van der Waals surface area contributed by atoms with Gasteiger partial charge in [0.15, 0.2) is 5.69 Å². The van der Waals surface area contributed by atoms with E-state index >= 15 is 0 Å². The number of halogens is 5. The molecule has 29 heavy (non-hydrogen) atoms. The zero-order valence-corrected chi connectivity index (χ0v) is 17.2. The molecule has 1 N–H and O–H groups in total. The minimum atomic E-state index is -4.83. The number of rotatable bonds is 6. The average Bonchev–Trinajstić information content (AvgIpc) is 3.28. The summed E-state index contributed by atoms with van der Waals surface area (Å²) in [7, 11) is 0. The summed E-state index contributed by atoms with van der Waals surface area (Å²) in [6.07, 6.45) is -5.03. The van der Waals surface area contributed by atoms with Crippen molar-refractivity contribution in [1.82, 2.24) is 4.98 Å². The van der Waals surface area contributed by atoms with Gasteiger partial charge in [0.25, 0.3) is 0 Å². The molecule has 1 aliphatic heterocycles. The minimum absolute atomic E-state index is 0.0341. The second kappa shape index (κ2) is 8.00. The van der Waals surface area contributed by atoms with Crippen LogP contribution in [0.25, 0.3) is 0 Å². The van der Waals surface area contributed by atoms with Gasteiger partial charge >= 0.3 is 18.3 Å². The van der Waals surface area contributed by atoms with Crippen molar-refractivity contribution in [3.63, 3.8) is 0 Å². The van der Waals surface area contributed by atoms with Crippen LogP contribution in [-0.2, 0) is 4.74 Å². The number of esters is 1. The minimum Gasteiger partial charge on any atom is -0.461 e. The van der Waals surface area contributed by atoms with E-state index in [9.17, 15) is 27.5 Å². The molecule has 2 heterocycles. The van der Waals surface area contributed by atoms with E-state index in [4.69, 9.17) is 4.74 Å². The third-order valence-electron chi connectivity index (χ3n) is 4.13. The van der Waals surface area contributed by atoms with Crippen molar-refractivity contribution in [1.29, 1.82) is 0 Å². The molecule has 0 fully saturated rings. The molecule has 0 saturated carbocycles. The van der Waals surface area contributed by atoms with Crippen LogP contribution >= 0.6 is 27.3 Å². The highest BCUT2D eigenvalue weighted by atomic mass is 79.9. The molecule has 2 aromatic rings. The molecule has 0 aliphatic carbocycles. The molecule has 12 heteroatoms. The highest BCUT2D eigenvalue weighted by Crippen LogP contribution is 2.46. The maximum absolute atomic E-state index is 14.4. The van der Waals surface area contributed by atoms with Crippen molar-refractivity contribution in [3.05, 3.63) is 45.4 Å². The molecule has 0 amide bonds. The fourth-order valence-corrected chi connectivity index (χ4v) is 3.72. The Morgan fingerprint density at radius 1 is 1.41 bits per heavy atom. The molecule has 1 aromatic carbocycles. The fraction of sp³-hybridized carbons (Fsp3) is 0.353. The summed E-state index contributed by atoms with van der Waals surface area (Å²) in [5, 5.41) is 15.8. The first-order chi connectivity index (χ1) is 13.6. The average molecular weight is 496 g/mol. The Kier molecular flexibility index (Phi) is 5.97. The normalized spacial score (nSPS) is 19.6. The highest BCUT2D eigenvalue weighted by Gasteiger charge is 2.66. The molecule has 0 saturated heterocycles. The molecule has 0 spiro atoms. The summed E-state index contributed by atoms with van der Waals surface area (Å²) < 4.78 is 60.5. The lowest BCUT2D eigenvalue weighted by atomic mass is 9.96. The summed E-state index contributed by atoms with van der Waals surface area (Å²) in [6.45, 7) is 1.64. The van der Waals surface area contributed by atoms with Crippen LogP contribution in [0.5, 0.6) is 0 Å². The molecular formula is C17H14BrF4N3O3S. The smallest absolute Gasteiger partial charge is 0.357 e. The monoisotopic (exact) mass is 495 g/mol. The first-order valence-electron chi connectivity index (χ1n) is 8.24. The number of aromatic nitrogens is 1. The van der Waals surface area contributed by atoms with Crippen molar-refractivity contribution in [2.45, 2.75) is 31.4 Å². The molecule has 0 bridgehead atoms. The number of nitrogens with zero attached hydrogens (tertiary/aromatic N) is 3. The number of thiazole rings is 1. The highest BCUT2D eigenvalue weighted by molar-refractivity contribution is 9.10. The molecule has 1 aromatic heterocycles. The molecule has 6 nitrogen and oxygen atoms in total. The van der Waals surface area contributed by atoms with Gasteiger partial charge in [-0.05, 0) is 24.6 Å². The van der Waals surface area contributed by atoms with E-state index in [0.717, 1.165) is 0 Å². The molecule has 1 unspecified atom stereocenters. The lowest BCUT2D eigenvalue weighted by molar-refractivity contribution is -0.237. The quantitative estimate of drug-likeness (QED) is 0.478. The lowest BCUT2D eigenvalue weighted by Crippen LogP contribution is -2.60. The summed E-state index contributed by atoms with van der Waals surface area (Å²) in [6, 6.07) is 6.32. The second-order valence-electron chi connectivity index (χ2n) is 6.02. The summed E-state index contributed by atoms with van der Waals surface area (Å²) in [5.74, 6) is -5.64. The number of aliphatic hydroxyl groups is 1. The molecule has 156 valence electrons. The van der Waals surface area contributed by atoms with Gasteiger partial charge in [0.1, 0.15) is 0 Å². The van der Waals surface area contributed by atoms with Crippen LogP contribution in [0.1, 0.15) is 29.4 Å². The van der Waals surface area contributed by atoms with Gasteiger partial charge in [-0.2, -0.15) is 18.9 Å². The maximum atomic E-state index is 14.4. The van der Waals surface area contributed by atoms with Gasteiger partial charge in [-0.25, -0.2) is 18.6 Å². The molecule has 0 radical (unpaired) electrons. The first-order valence-corrected chi connectivity index (χ1v) is 9.92. The third kappa shape index (κ3) is 3.88. The van der Waals surface area contributed by atoms with Crippen LogP contribution in [-0.4, -0.2) is 46.5 Å². The Bertz CT molecular complexity index is 938. The van der Waals surface area contributed by atoms with Crippen LogP contribution in [0.15, 0.2) is 39.2 Å². The lowest BCUT2D eigenvalue weighted by Gasteiger charge is -2.36. The van der Waals surface area contributed by atoms with Gasteiger partial charge in [-0.15, -0.1) is 11.3 Å². The van der Waals surface area contributed by atoms with Crippen LogP contribution < -0.4 is 5.01 Å². The second-order valence-corrected chi connectivity index (χ2v) is 7.77. The standard InChI is InChI=1S/C17H14BrF4N3O3S/c1-2-28-13(26)12-8-29-15(23-12)25-16(27,17(21,22)14(19)20)7-11(24-25)9-3-5-10(18)6-4-9/h3-6,8,14,27H,2,7H2,1H3. The Labute approximate surface area is 174 Å². The van der Waals surface area contributed by atoms with E-state index in [0.29, 0.717) is 26.4 Å². The topological polar surface area (TPSA) is 75.0 Å². The van der Waals surface area contributed by atoms with Crippen molar-refractivity contribution >= 4 is 44.1 Å². The van der Waals surface area contributed by atoms with Gasteiger partial charge in [0, 0.05) is 16.3 Å². The fourth-order valence-electron chi connectivity index (χ4n) is 2.64. The largest absolute Gasteiger partial charge is 0.461 e. The van der Waals surface area contributed by atoms with Gasteiger partial charge in [-0.3, -0.25) is 0 Å². The third-order valence-corrected chi connectivity index (χ3v) is 5.47.